The van der Waals surface area contributed by atoms with Crippen LogP contribution >= 0.6 is 0 Å². The number of rotatable bonds is 6. The van der Waals surface area contributed by atoms with E-state index in [4.69, 9.17) is 5.11 Å². The summed E-state index contributed by atoms with van der Waals surface area (Å²) in [6.45, 7) is 4.19. The van der Waals surface area contributed by atoms with E-state index >= 15 is 0 Å². The molecular weight excluding hydrogens is 271 g/mol. The van der Waals surface area contributed by atoms with Crippen molar-refractivity contribution in [3.05, 3.63) is 29.8 Å². The Kier molecular flexibility index (Phi) is 5.42. The second-order valence-corrected chi connectivity index (χ2v) is 5.00. The third kappa shape index (κ3) is 4.75. The van der Waals surface area contributed by atoms with Crippen LogP contribution in [0.1, 0.15) is 25.8 Å². The second kappa shape index (κ2) is 6.63. The first-order valence-electron chi connectivity index (χ1n) is 6.34. The van der Waals surface area contributed by atoms with Crippen molar-refractivity contribution in [1.29, 1.82) is 0 Å². The molecule has 0 radical (unpaired) electrons. The third-order valence-electron chi connectivity index (χ3n) is 2.73. The molecule has 112 valence electrons. The topological polar surface area (TPSA) is 40.5 Å². The molecule has 1 aromatic rings. The van der Waals surface area contributed by atoms with E-state index in [0.29, 0.717) is 6.54 Å². The molecule has 0 spiro atoms. The standard InChI is InChI=1S/C14H18F3NO2/c1-10(2)9-18(8-7-13(19)20)12-6-4-3-5-11(12)14(15,16)17/h3-6,10H,7-9H2,1-2H3,(H,19,20). The highest BCUT2D eigenvalue weighted by atomic mass is 19.4. The molecule has 0 amide bonds. The number of anilines is 1. The maximum atomic E-state index is 13.0. The van der Waals surface area contributed by atoms with Gasteiger partial charge in [0.05, 0.1) is 12.0 Å². The predicted molar refractivity (Wildman–Crippen MR) is 70.7 cm³/mol. The molecule has 6 heteroatoms. The number of carboxylic acid groups (broad SMARTS) is 1. The Morgan fingerprint density at radius 3 is 2.40 bits per heavy atom. The van der Waals surface area contributed by atoms with E-state index in [9.17, 15) is 18.0 Å². The SMILES string of the molecule is CC(C)CN(CCC(=O)O)c1ccccc1C(F)(F)F. The molecule has 1 rings (SSSR count). The number of nitrogens with zero attached hydrogens (tertiary/aromatic N) is 1. The van der Waals surface area contributed by atoms with E-state index < -0.39 is 17.7 Å². The minimum absolute atomic E-state index is 0.0370. The fourth-order valence-electron chi connectivity index (χ4n) is 1.97. The average Bonchev–Trinajstić information content (AvgIpc) is 2.33. The Labute approximate surface area is 116 Å². The molecule has 0 aliphatic rings. The Morgan fingerprint density at radius 2 is 1.90 bits per heavy atom. The summed E-state index contributed by atoms with van der Waals surface area (Å²) in [6, 6.07) is 5.26. The van der Waals surface area contributed by atoms with Gasteiger partial charge in [0.15, 0.2) is 0 Å². The maximum absolute atomic E-state index is 13.0. The molecule has 1 N–H and O–H groups in total. The van der Waals surface area contributed by atoms with Gasteiger partial charge in [-0.1, -0.05) is 26.0 Å². The van der Waals surface area contributed by atoms with Crippen molar-refractivity contribution in [2.75, 3.05) is 18.0 Å². The lowest BCUT2D eigenvalue weighted by atomic mass is 10.1. The van der Waals surface area contributed by atoms with Gasteiger partial charge < -0.3 is 10.0 Å². The Hall–Kier alpha value is -1.72. The number of halogens is 3. The maximum Gasteiger partial charge on any atom is 0.418 e. The number of hydrogen-bond acceptors (Lipinski definition) is 2. The molecule has 20 heavy (non-hydrogen) atoms. The van der Waals surface area contributed by atoms with Gasteiger partial charge >= 0.3 is 12.1 Å². The van der Waals surface area contributed by atoms with Gasteiger partial charge in [0.25, 0.3) is 0 Å². The van der Waals surface area contributed by atoms with Crippen LogP contribution in [-0.4, -0.2) is 24.2 Å². The van der Waals surface area contributed by atoms with E-state index in [1.807, 2.05) is 13.8 Å². The predicted octanol–water partition coefficient (Wildman–Crippen LogP) is 3.64. The number of alkyl halides is 3. The lowest BCUT2D eigenvalue weighted by Gasteiger charge is -2.28. The number of aliphatic carboxylic acids is 1. The molecule has 0 fully saturated rings. The molecule has 0 saturated carbocycles. The van der Waals surface area contributed by atoms with Gasteiger partial charge in [0, 0.05) is 18.8 Å². The Balaban J connectivity index is 3.09. The highest BCUT2D eigenvalue weighted by Crippen LogP contribution is 2.36. The normalized spacial score (nSPS) is 11.7. The van der Waals surface area contributed by atoms with Gasteiger partial charge in [0.1, 0.15) is 0 Å². The Bertz CT molecular complexity index is 458. The van der Waals surface area contributed by atoms with Gasteiger partial charge in [-0.25, -0.2) is 0 Å². The second-order valence-electron chi connectivity index (χ2n) is 5.00. The van der Waals surface area contributed by atoms with E-state index in [1.165, 1.54) is 23.1 Å². The van der Waals surface area contributed by atoms with Crippen LogP contribution in [0.4, 0.5) is 18.9 Å². The van der Waals surface area contributed by atoms with Crippen molar-refractivity contribution in [3.63, 3.8) is 0 Å². The molecule has 0 heterocycles. The number of carboxylic acids is 1. The number of benzene rings is 1. The van der Waals surface area contributed by atoms with Crippen LogP contribution in [0.25, 0.3) is 0 Å². The molecule has 0 aliphatic carbocycles. The van der Waals surface area contributed by atoms with E-state index in [0.717, 1.165) is 6.07 Å². The number of carbonyl (C=O) groups is 1. The van der Waals surface area contributed by atoms with Crippen LogP contribution in [0.15, 0.2) is 24.3 Å². The van der Waals surface area contributed by atoms with Gasteiger partial charge in [0.2, 0.25) is 0 Å². The van der Waals surface area contributed by atoms with Crippen molar-refractivity contribution >= 4 is 11.7 Å². The van der Waals surface area contributed by atoms with Crippen molar-refractivity contribution in [1.82, 2.24) is 0 Å². The molecule has 0 aliphatic heterocycles. The summed E-state index contributed by atoms with van der Waals surface area (Å²) >= 11 is 0. The summed E-state index contributed by atoms with van der Waals surface area (Å²) in [7, 11) is 0. The number of para-hydroxylation sites is 1. The fraction of sp³-hybridized carbons (Fsp3) is 0.500. The molecule has 0 unspecified atom stereocenters. The van der Waals surface area contributed by atoms with Gasteiger partial charge in [-0.05, 0) is 18.1 Å². The summed E-state index contributed by atoms with van der Waals surface area (Å²) in [5.74, 6) is -0.895. The first kappa shape index (κ1) is 16.3. The van der Waals surface area contributed by atoms with Crippen LogP contribution in [0.2, 0.25) is 0 Å². The van der Waals surface area contributed by atoms with E-state index in [2.05, 4.69) is 0 Å². The summed E-state index contributed by atoms with van der Waals surface area (Å²) in [5.41, 5.74) is -0.694. The van der Waals surface area contributed by atoms with Crippen molar-refractivity contribution in [2.24, 2.45) is 5.92 Å². The van der Waals surface area contributed by atoms with Crippen molar-refractivity contribution in [2.45, 2.75) is 26.4 Å². The number of hydrogen-bond donors (Lipinski definition) is 1. The first-order chi connectivity index (χ1) is 9.21. The zero-order chi connectivity index (χ0) is 15.3. The largest absolute Gasteiger partial charge is 0.481 e. The minimum Gasteiger partial charge on any atom is -0.481 e. The highest BCUT2D eigenvalue weighted by molar-refractivity contribution is 5.68. The summed E-state index contributed by atoms with van der Waals surface area (Å²) in [5, 5.41) is 8.72. The molecule has 3 nitrogen and oxygen atoms in total. The average molecular weight is 289 g/mol. The zero-order valence-electron chi connectivity index (χ0n) is 11.4. The zero-order valence-corrected chi connectivity index (χ0v) is 11.4. The third-order valence-corrected chi connectivity index (χ3v) is 2.73. The summed E-state index contributed by atoms with van der Waals surface area (Å²) in [6.07, 6.45) is -4.64. The van der Waals surface area contributed by atoms with Crippen LogP contribution in [-0.2, 0) is 11.0 Å². The summed E-state index contributed by atoms with van der Waals surface area (Å²) < 4.78 is 39.0. The highest BCUT2D eigenvalue weighted by Gasteiger charge is 2.34. The lowest BCUT2D eigenvalue weighted by molar-refractivity contribution is -0.137. The molecule has 0 saturated heterocycles. The minimum atomic E-state index is -4.45. The molecule has 0 bridgehead atoms. The van der Waals surface area contributed by atoms with Crippen LogP contribution < -0.4 is 4.90 Å². The molecular formula is C14H18F3NO2. The quantitative estimate of drug-likeness (QED) is 0.869. The van der Waals surface area contributed by atoms with E-state index in [-0.39, 0.29) is 24.6 Å². The summed E-state index contributed by atoms with van der Waals surface area (Å²) in [4.78, 5) is 12.1. The molecule has 0 aromatic heterocycles. The monoisotopic (exact) mass is 289 g/mol. The van der Waals surface area contributed by atoms with Crippen molar-refractivity contribution < 1.29 is 23.1 Å². The lowest BCUT2D eigenvalue weighted by Crippen LogP contribution is -2.31. The van der Waals surface area contributed by atoms with Crippen molar-refractivity contribution in [3.8, 4) is 0 Å². The van der Waals surface area contributed by atoms with Gasteiger partial charge in [-0.3, -0.25) is 4.79 Å². The van der Waals surface area contributed by atoms with Gasteiger partial charge in [-0.15, -0.1) is 0 Å². The van der Waals surface area contributed by atoms with Crippen LogP contribution in [0.5, 0.6) is 0 Å². The van der Waals surface area contributed by atoms with Gasteiger partial charge in [-0.2, -0.15) is 13.2 Å². The smallest absolute Gasteiger partial charge is 0.418 e. The Morgan fingerprint density at radius 1 is 1.30 bits per heavy atom. The fourth-order valence-corrected chi connectivity index (χ4v) is 1.97. The van der Waals surface area contributed by atoms with Crippen LogP contribution in [0.3, 0.4) is 0 Å². The molecule has 0 atom stereocenters. The first-order valence-corrected chi connectivity index (χ1v) is 6.34. The van der Waals surface area contributed by atoms with Crippen LogP contribution in [0, 0.1) is 5.92 Å². The molecule has 1 aromatic carbocycles. The van der Waals surface area contributed by atoms with E-state index in [1.54, 1.807) is 0 Å².